The van der Waals surface area contributed by atoms with Crippen LogP contribution in [0.15, 0.2) is 53.7 Å². The topological polar surface area (TPSA) is 67.7 Å². The fourth-order valence-electron chi connectivity index (χ4n) is 3.54. The van der Waals surface area contributed by atoms with Crippen LogP contribution in [-0.2, 0) is 0 Å². The number of benzene rings is 2. The molecule has 5 nitrogen and oxygen atoms in total. The zero-order chi connectivity index (χ0) is 17.8. The van der Waals surface area contributed by atoms with E-state index in [9.17, 15) is 5.21 Å². The van der Waals surface area contributed by atoms with E-state index in [-0.39, 0.29) is 18.0 Å². The van der Waals surface area contributed by atoms with E-state index in [0.717, 1.165) is 23.6 Å². The Balaban J connectivity index is 1.88. The predicted molar refractivity (Wildman–Crippen MR) is 96.4 cm³/mol. The van der Waals surface area contributed by atoms with Gasteiger partial charge < -0.3 is 20.0 Å². The van der Waals surface area contributed by atoms with Crippen molar-refractivity contribution in [2.75, 3.05) is 14.2 Å². The molecule has 0 spiro atoms. The zero-order valence-corrected chi connectivity index (χ0v) is 14.8. The second-order valence-electron chi connectivity index (χ2n) is 6.46. The summed E-state index contributed by atoms with van der Waals surface area (Å²) in [6.07, 6.45) is 0.733. The third-order valence-electron chi connectivity index (χ3n) is 5.11. The summed E-state index contributed by atoms with van der Waals surface area (Å²) in [4.78, 5) is 0. The molecular formula is C20H25N2O3+. The van der Waals surface area contributed by atoms with Gasteiger partial charge in [-0.15, -0.1) is 0 Å². The van der Waals surface area contributed by atoms with Crippen LogP contribution in [0.4, 0.5) is 0 Å². The Hall–Kier alpha value is -2.53. The van der Waals surface area contributed by atoms with Gasteiger partial charge in [0.25, 0.3) is 0 Å². The molecule has 1 aliphatic heterocycles. The van der Waals surface area contributed by atoms with Crippen LogP contribution in [0, 0.1) is 5.92 Å². The summed E-state index contributed by atoms with van der Waals surface area (Å²) in [6.45, 7) is 2.12. The zero-order valence-electron chi connectivity index (χ0n) is 14.8. The number of nitrogens with two attached hydrogens (primary N) is 1. The van der Waals surface area contributed by atoms with Crippen molar-refractivity contribution in [3.63, 3.8) is 0 Å². The first-order chi connectivity index (χ1) is 12.2. The summed E-state index contributed by atoms with van der Waals surface area (Å²) in [5.41, 5.74) is 3.24. The van der Waals surface area contributed by atoms with Crippen LogP contribution in [0.5, 0.6) is 11.5 Å². The van der Waals surface area contributed by atoms with Crippen molar-refractivity contribution in [1.82, 2.24) is 0 Å². The lowest BCUT2D eigenvalue weighted by Gasteiger charge is -2.33. The first kappa shape index (κ1) is 17.3. The molecular weight excluding hydrogens is 316 g/mol. The van der Waals surface area contributed by atoms with Gasteiger partial charge >= 0.3 is 0 Å². The van der Waals surface area contributed by atoms with Gasteiger partial charge in [-0.2, -0.15) is 0 Å². The number of rotatable bonds is 4. The van der Waals surface area contributed by atoms with Crippen LogP contribution in [0.2, 0.25) is 0 Å². The van der Waals surface area contributed by atoms with E-state index in [2.05, 4.69) is 41.7 Å². The number of methoxy groups -OCH3 is 2. The lowest BCUT2D eigenvalue weighted by atomic mass is 9.81. The van der Waals surface area contributed by atoms with Gasteiger partial charge in [-0.05, 0) is 48.5 Å². The minimum absolute atomic E-state index is 0.160. The summed E-state index contributed by atoms with van der Waals surface area (Å²) in [7, 11) is 3.33. The second kappa shape index (κ2) is 7.57. The first-order valence-electron chi connectivity index (χ1n) is 8.50. The largest absolute Gasteiger partial charge is 0.497 e. The Morgan fingerprint density at radius 1 is 0.920 bits per heavy atom. The maximum absolute atomic E-state index is 9.49. The monoisotopic (exact) mass is 341 g/mol. The standard InChI is InChI=1S/C20H24N2O3/c1-13-18(22-23)12-19(14-4-8-16(24-2)9-5-14)21-20(13)15-6-10-17(25-3)11-7-15/h4-11,13,19-21,23H,12H2,1-3H3/p+1/b22-18-/t13-,19+,20+/m1/s1. The van der Waals surface area contributed by atoms with Gasteiger partial charge in [-0.25, -0.2) is 0 Å². The lowest BCUT2D eigenvalue weighted by Crippen LogP contribution is -2.90. The maximum atomic E-state index is 9.49. The SMILES string of the molecule is COc1ccc([C@@H]2C/C(=N/O)[C@@H](C)[C@@H](c3ccc(OC)cc3)[NH2+]2)cc1. The Kier molecular flexibility index (Phi) is 5.24. The van der Waals surface area contributed by atoms with Crippen LogP contribution in [0.25, 0.3) is 0 Å². The van der Waals surface area contributed by atoms with Crippen molar-refractivity contribution in [2.45, 2.75) is 25.4 Å². The molecule has 3 atom stereocenters. The Bertz CT molecular complexity index is 726. The minimum atomic E-state index is 0.160. The molecule has 1 heterocycles. The molecule has 3 N–H and O–H groups in total. The highest BCUT2D eigenvalue weighted by Gasteiger charge is 2.37. The highest BCUT2D eigenvalue weighted by molar-refractivity contribution is 5.87. The van der Waals surface area contributed by atoms with Gasteiger partial charge in [0, 0.05) is 17.5 Å². The van der Waals surface area contributed by atoms with Crippen LogP contribution >= 0.6 is 0 Å². The van der Waals surface area contributed by atoms with Crippen molar-refractivity contribution < 1.29 is 20.0 Å². The minimum Gasteiger partial charge on any atom is -0.497 e. The number of hydrogen-bond donors (Lipinski definition) is 2. The average Bonchev–Trinajstić information content (AvgIpc) is 2.68. The smallest absolute Gasteiger partial charge is 0.120 e. The van der Waals surface area contributed by atoms with E-state index in [0.29, 0.717) is 0 Å². The van der Waals surface area contributed by atoms with Crippen LogP contribution in [0.3, 0.4) is 0 Å². The van der Waals surface area contributed by atoms with Gasteiger partial charge in [0.05, 0.1) is 25.8 Å². The van der Waals surface area contributed by atoms with E-state index in [1.807, 2.05) is 24.3 Å². The molecule has 0 aliphatic carbocycles. The molecule has 1 aliphatic rings. The lowest BCUT2D eigenvalue weighted by molar-refractivity contribution is -0.741. The molecule has 0 amide bonds. The number of piperidine rings is 1. The van der Waals surface area contributed by atoms with Crippen molar-refractivity contribution in [3.8, 4) is 11.5 Å². The summed E-state index contributed by atoms with van der Waals surface area (Å²) >= 11 is 0. The van der Waals surface area contributed by atoms with Gasteiger partial charge in [0.2, 0.25) is 0 Å². The van der Waals surface area contributed by atoms with Crippen molar-refractivity contribution >= 4 is 5.71 Å². The highest BCUT2D eigenvalue weighted by Crippen LogP contribution is 2.30. The molecule has 0 saturated carbocycles. The van der Waals surface area contributed by atoms with E-state index in [1.54, 1.807) is 14.2 Å². The number of hydrogen-bond acceptors (Lipinski definition) is 4. The fourth-order valence-corrected chi connectivity index (χ4v) is 3.54. The van der Waals surface area contributed by atoms with Crippen LogP contribution < -0.4 is 14.8 Å². The molecule has 25 heavy (non-hydrogen) atoms. The number of quaternary nitrogens is 1. The third kappa shape index (κ3) is 3.61. The van der Waals surface area contributed by atoms with Crippen molar-refractivity contribution in [3.05, 3.63) is 59.7 Å². The molecule has 1 fully saturated rings. The van der Waals surface area contributed by atoms with Crippen LogP contribution in [0.1, 0.15) is 36.6 Å². The number of nitrogens with zero attached hydrogens (tertiary/aromatic N) is 1. The quantitative estimate of drug-likeness (QED) is 0.664. The molecule has 1 saturated heterocycles. The Labute approximate surface area is 148 Å². The van der Waals surface area contributed by atoms with E-state index in [4.69, 9.17) is 9.47 Å². The second-order valence-corrected chi connectivity index (χ2v) is 6.46. The third-order valence-corrected chi connectivity index (χ3v) is 5.11. The van der Waals surface area contributed by atoms with Gasteiger partial charge in [-0.3, -0.25) is 0 Å². The van der Waals surface area contributed by atoms with Gasteiger partial charge in [0.1, 0.15) is 23.6 Å². The van der Waals surface area contributed by atoms with Gasteiger partial charge in [0.15, 0.2) is 0 Å². The fraction of sp³-hybridized carbons (Fsp3) is 0.350. The normalized spacial score (nSPS) is 24.9. The molecule has 0 unspecified atom stereocenters. The highest BCUT2D eigenvalue weighted by atomic mass is 16.5. The summed E-state index contributed by atoms with van der Waals surface area (Å²) in [6, 6.07) is 16.6. The molecule has 0 aromatic heterocycles. The first-order valence-corrected chi connectivity index (χ1v) is 8.50. The predicted octanol–water partition coefficient (Wildman–Crippen LogP) is 2.92. The molecule has 2 aromatic carbocycles. The molecule has 132 valence electrons. The molecule has 0 bridgehead atoms. The maximum Gasteiger partial charge on any atom is 0.120 e. The molecule has 2 aromatic rings. The number of oxime groups is 1. The van der Waals surface area contributed by atoms with Crippen molar-refractivity contribution in [2.24, 2.45) is 11.1 Å². The summed E-state index contributed by atoms with van der Waals surface area (Å²) in [5.74, 6) is 1.85. The van der Waals surface area contributed by atoms with E-state index >= 15 is 0 Å². The molecule has 5 heteroatoms. The van der Waals surface area contributed by atoms with E-state index < -0.39 is 0 Å². The Morgan fingerprint density at radius 2 is 1.44 bits per heavy atom. The number of ether oxygens (including phenoxy) is 2. The summed E-state index contributed by atoms with van der Waals surface area (Å²) in [5, 5.41) is 15.4. The van der Waals surface area contributed by atoms with Gasteiger partial charge in [-0.1, -0.05) is 12.1 Å². The molecule has 0 radical (unpaired) electrons. The average molecular weight is 341 g/mol. The van der Waals surface area contributed by atoms with E-state index in [1.165, 1.54) is 11.1 Å². The summed E-state index contributed by atoms with van der Waals surface area (Å²) < 4.78 is 10.5. The molecule has 3 rings (SSSR count). The van der Waals surface area contributed by atoms with Crippen LogP contribution in [-0.4, -0.2) is 25.1 Å². The Morgan fingerprint density at radius 3 is 1.92 bits per heavy atom. The van der Waals surface area contributed by atoms with Crippen molar-refractivity contribution in [1.29, 1.82) is 0 Å².